The molecule has 0 fully saturated rings. The van der Waals surface area contributed by atoms with E-state index in [1.807, 2.05) is 12.1 Å². The summed E-state index contributed by atoms with van der Waals surface area (Å²) >= 11 is 6.43. The van der Waals surface area contributed by atoms with Crippen molar-refractivity contribution in [2.75, 3.05) is 25.6 Å². The van der Waals surface area contributed by atoms with Crippen LogP contribution in [0.2, 0.25) is 5.02 Å². The molecule has 0 radical (unpaired) electrons. The fourth-order valence-corrected chi connectivity index (χ4v) is 4.53. The van der Waals surface area contributed by atoms with Crippen molar-refractivity contribution in [3.63, 3.8) is 0 Å². The van der Waals surface area contributed by atoms with E-state index in [9.17, 15) is 14.9 Å². The number of allylic oxidation sites excluding steroid dienone is 2. The Morgan fingerprint density at radius 1 is 1.30 bits per heavy atom. The Bertz CT molecular complexity index is 1020. The van der Waals surface area contributed by atoms with Crippen LogP contribution in [-0.2, 0) is 4.74 Å². The van der Waals surface area contributed by atoms with Crippen LogP contribution in [0.3, 0.4) is 0 Å². The van der Waals surface area contributed by atoms with Gasteiger partial charge in [0.2, 0.25) is 0 Å². The lowest BCUT2D eigenvalue weighted by Gasteiger charge is -2.38. The number of nitrogens with zero attached hydrogens (tertiary/aromatic N) is 1. The lowest BCUT2D eigenvalue weighted by molar-refractivity contribution is -0.384. The molecule has 30 heavy (non-hydrogen) atoms. The number of rotatable bonds is 6. The van der Waals surface area contributed by atoms with Gasteiger partial charge >= 0.3 is 0 Å². The largest absolute Gasteiger partial charge is 0.383 e. The molecule has 1 aliphatic carbocycles. The molecule has 0 bridgehead atoms. The number of carbonyl (C=O) groups is 1. The van der Waals surface area contributed by atoms with Crippen molar-refractivity contribution in [3.05, 3.63) is 80.4 Å². The van der Waals surface area contributed by atoms with E-state index in [4.69, 9.17) is 16.3 Å². The van der Waals surface area contributed by atoms with Crippen LogP contribution in [-0.4, -0.2) is 31.1 Å². The first-order valence-electron chi connectivity index (χ1n) is 9.77. The fraction of sp³-hybridized carbons (Fsp3) is 0.318. The number of ether oxygens (including phenoxy) is 1. The second-order valence-electron chi connectivity index (χ2n) is 7.49. The van der Waals surface area contributed by atoms with Gasteiger partial charge in [-0.25, -0.2) is 0 Å². The Morgan fingerprint density at radius 3 is 2.90 bits per heavy atom. The Hall–Kier alpha value is -2.90. The predicted molar refractivity (Wildman–Crippen MR) is 115 cm³/mol. The quantitative estimate of drug-likeness (QED) is 0.307. The van der Waals surface area contributed by atoms with Gasteiger partial charge in [-0.05, 0) is 42.2 Å². The van der Waals surface area contributed by atoms with Crippen LogP contribution in [0.5, 0.6) is 0 Å². The van der Waals surface area contributed by atoms with Gasteiger partial charge in [-0.1, -0.05) is 23.8 Å². The van der Waals surface area contributed by atoms with Crippen molar-refractivity contribution in [2.45, 2.75) is 18.4 Å². The minimum absolute atomic E-state index is 0.0209. The van der Waals surface area contributed by atoms with Crippen LogP contribution < -0.4 is 10.6 Å². The van der Waals surface area contributed by atoms with Crippen LogP contribution in [0.4, 0.5) is 11.4 Å². The Morgan fingerprint density at radius 2 is 2.13 bits per heavy atom. The van der Waals surface area contributed by atoms with E-state index in [1.165, 1.54) is 6.07 Å². The third-order valence-corrected chi connectivity index (χ3v) is 6.09. The number of non-ortho nitro benzene ring substituents is 1. The summed E-state index contributed by atoms with van der Waals surface area (Å²) in [5.74, 6) is 0.120. The first-order chi connectivity index (χ1) is 14.5. The summed E-state index contributed by atoms with van der Waals surface area (Å²) in [5, 5.41) is 18.1. The molecule has 1 heterocycles. The van der Waals surface area contributed by atoms with Crippen molar-refractivity contribution in [2.24, 2.45) is 5.92 Å². The Kier molecular flexibility index (Phi) is 5.74. The van der Waals surface area contributed by atoms with Crippen molar-refractivity contribution >= 4 is 28.9 Å². The third kappa shape index (κ3) is 3.78. The summed E-state index contributed by atoms with van der Waals surface area (Å²) in [4.78, 5) is 23.3. The molecule has 8 heteroatoms. The molecule has 0 saturated carbocycles. The van der Waals surface area contributed by atoms with Gasteiger partial charge in [-0.15, -0.1) is 0 Å². The molecule has 2 aromatic rings. The maximum absolute atomic E-state index is 12.4. The Labute approximate surface area is 179 Å². The minimum atomic E-state index is -0.407. The van der Waals surface area contributed by atoms with Gasteiger partial charge in [0.15, 0.2) is 0 Å². The second kappa shape index (κ2) is 8.45. The number of halogens is 1. The average molecular weight is 428 g/mol. The van der Waals surface area contributed by atoms with E-state index < -0.39 is 4.92 Å². The van der Waals surface area contributed by atoms with Gasteiger partial charge in [0.05, 0.1) is 17.6 Å². The maximum atomic E-state index is 12.4. The number of benzene rings is 2. The van der Waals surface area contributed by atoms with Gasteiger partial charge in [-0.2, -0.15) is 0 Å². The van der Waals surface area contributed by atoms with Gasteiger partial charge in [0.1, 0.15) is 0 Å². The van der Waals surface area contributed by atoms with E-state index in [-0.39, 0.29) is 29.5 Å². The number of nitro groups is 1. The molecule has 0 aromatic heterocycles. The summed E-state index contributed by atoms with van der Waals surface area (Å²) in [6, 6.07) is 9.98. The summed E-state index contributed by atoms with van der Waals surface area (Å²) in [6.07, 6.45) is 5.09. The summed E-state index contributed by atoms with van der Waals surface area (Å²) in [5.41, 5.74) is 3.29. The number of hydrogen-bond acceptors (Lipinski definition) is 5. The topological polar surface area (TPSA) is 93.5 Å². The number of nitrogens with one attached hydrogen (secondary N) is 2. The highest BCUT2D eigenvalue weighted by Gasteiger charge is 2.39. The fourth-order valence-electron chi connectivity index (χ4n) is 4.30. The number of anilines is 1. The molecule has 156 valence electrons. The molecule has 3 unspecified atom stereocenters. The molecule has 0 saturated heterocycles. The van der Waals surface area contributed by atoms with Crippen LogP contribution >= 0.6 is 11.6 Å². The molecule has 4 rings (SSSR count). The molecular weight excluding hydrogens is 406 g/mol. The highest BCUT2D eigenvalue weighted by Crippen LogP contribution is 2.51. The van der Waals surface area contributed by atoms with Crippen LogP contribution in [0, 0.1) is 16.0 Å². The smallest absolute Gasteiger partial charge is 0.269 e. The van der Waals surface area contributed by atoms with Gasteiger partial charge < -0.3 is 15.4 Å². The molecule has 1 amide bonds. The van der Waals surface area contributed by atoms with Gasteiger partial charge in [0, 0.05) is 53.5 Å². The van der Waals surface area contributed by atoms with Crippen LogP contribution in [0.15, 0.2) is 48.6 Å². The number of methoxy groups -OCH3 is 1. The number of nitro benzene ring substituents is 1. The predicted octanol–water partition coefficient (Wildman–Crippen LogP) is 4.45. The molecule has 3 atom stereocenters. The second-order valence-corrected chi connectivity index (χ2v) is 7.90. The normalized spacial score (nSPS) is 21.5. The van der Waals surface area contributed by atoms with Crippen molar-refractivity contribution < 1.29 is 14.5 Å². The lowest BCUT2D eigenvalue weighted by atomic mass is 9.76. The molecule has 2 N–H and O–H groups in total. The molecular formula is C22H22ClN3O4. The first kappa shape index (κ1) is 20.4. The van der Waals surface area contributed by atoms with Crippen LogP contribution in [0.25, 0.3) is 0 Å². The van der Waals surface area contributed by atoms with E-state index in [0.29, 0.717) is 23.7 Å². The SMILES string of the molecule is COCCNC(=O)c1ccc2c(c1)C1C=CCC1C(c1cc([N+](=O)[O-])ccc1Cl)N2. The zero-order chi connectivity index (χ0) is 21.3. The molecule has 1 aliphatic heterocycles. The average Bonchev–Trinajstić information content (AvgIpc) is 3.23. The summed E-state index contributed by atoms with van der Waals surface area (Å²) in [7, 11) is 1.59. The molecule has 2 aliphatic rings. The molecule has 0 spiro atoms. The zero-order valence-corrected chi connectivity index (χ0v) is 17.2. The minimum Gasteiger partial charge on any atom is -0.383 e. The highest BCUT2D eigenvalue weighted by atomic mass is 35.5. The van der Waals surface area contributed by atoms with E-state index >= 15 is 0 Å². The van der Waals surface area contributed by atoms with Crippen molar-refractivity contribution in [3.8, 4) is 0 Å². The number of fused-ring (bicyclic) bond motifs is 3. The van der Waals surface area contributed by atoms with Crippen LogP contribution in [0.1, 0.15) is 39.9 Å². The standard InChI is InChI=1S/C22H22ClN3O4/c1-30-10-9-24-22(27)13-5-8-20-17(11-13)15-3-2-4-16(15)21(25-20)18-12-14(26(28)29)6-7-19(18)23/h2-3,5-8,11-12,15-16,21,25H,4,9-10H2,1H3,(H,24,27). The van der Waals surface area contributed by atoms with E-state index in [1.54, 1.807) is 25.3 Å². The number of amides is 1. The van der Waals surface area contributed by atoms with Gasteiger partial charge in [-0.3, -0.25) is 14.9 Å². The van der Waals surface area contributed by atoms with Gasteiger partial charge in [0.25, 0.3) is 11.6 Å². The summed E-state index contributed by atoms with van der Waals surface area (Å²) in [6.45, 7) is 0.904. The lowest BCUT2D eigenvalue weighted by Crippen LogP contribution is -2.30. The maximum Gasteiger partial charge on any atom is 0.269 e. The van der Waals surface area contributed by atoms with Crippen molar-refractivity contribution in [1.29, 1.82) is 0 Å². The number of carbonyl (C=O) groups excluding carboxylic acids is 1. The zero-order valence-electron chi connectivity index (χ0n) is 16.4. The van der Waals surface area contributed by atoms with E-state index in [2.05, 4.69) is 22.8 Å². The summed E-state index contributed by atoms with van der Waals surface area (Å²) < 4.78 is 4.98. The molecule has 2 aromatic carbocycles. The van der Waals surface area contributed by atoms with Crippen molar-refractivity contribution in [1.82, 2.24) is 5.32 Å². The number of hydrogen-bond donors (Lipinski definition) is 2. The Balaban J connectivity index is 1.66. The van der Waals surface area contributed by atoms with E-state index in [0.717, 1.165) is 23.2 Å². The first-order valence-corrected chi connectivity index (χ1v) is 10.2. The molecule has 7 nitrogen and oxygen atoms in total. The monoisotopic (exact) mass is 427 g/mol. The highest BCUT2D eigenvalue weighted by molar-refractivity contribution is 6.31. The third-order valence-electron chi connectivity index (χ3n) is 5.74.